The van der Waals surface area contributed by atoms with Gasteiger partial charge < -0.3 is 14.8 Å². The number of carbonyl (C=O) groups excluding carboxylic acids is 2. The van der Waals surface area contributed by atoms with Gasteiger partial charge in [0.25, 0.3) is 0 Å². The minimum Gasteiger partial charge on any atom is -0.497 e. The molecule has 0 fully saturated rings. The van der Waals surface area contributed by atoms with Crippen LogP contribution < -0.4 is 20.1 Å². The van der Waals surface area contributed by atoms with Gasteiger partial charge in [0.1, 0.15) is 23.4 Å². The molecule has 10 heteroatoms. The van der Waals surface area contributed by atoms with Crippen LogP contribution in [-0.2, 0) is 17.9 Å². The molecule has 0 bridgehead atoms. The van der Waals surface area contributed by atoms with E-state index in [0.29, 0.717) is 23.3 Å². The van der Waals surface area contributed by atoms with Crippen LogP contribution in [0.3, 0.4) is 0 Å². The molecule has 2 N–H and O–H groups in total. The first-order valence-electron chi connectivity index (χ1n) is 10.1. The highest BCUT2D eigenvalue weighted by Gasteiger charge is 2.26. The van der Waals surface area contributed by atoms with Crippen LogP contribution in [0.5, 0.6) is 11.5 Å². The molecule has 2 aromatic carbocycles. The normalized spacial score (nSPS) is 11.3. The second kappa shape index (κ2) is 11.7. The van der Waals surface area contributed by atoms with Crippen LogP contribution in [0.25, 0.3) is 0 Å². The average molecular weight is 468 g/mol. The van der Waals surface area contributed by atoms with Gasteiger partial charge in [-0.3, -0.25) is 14.7 Å². The van der Waals surface area contributed by atoms with Gasteiger partial charge in [0.15, 0.2) is 11.0 Å². The van der Waals surface area contributed by atoms with Crippen molar-refractivity contribution < 1.29 is 19.1 Å². The molecular formula is C23H25N5O4S. The number of imide groups is 1. The average Bonchev–Trinajstić information content (AvgIpc) is 3.23. The van der Waals surface area contributed by atoms with Gasteiger partial charge >= 0.3 is 6.03 Å². The van der Waals surface area contributed by atoms with Gasteiger partial charge in [-0.25, -0.2) is 4.79 Å². The predicted octanol–water partition coefficient (Wildman–Crippen LogP) is 3.34. The fourth-order valence-electron chi connectivity index (χ4n) is 2.89. The second-order valence-electron chi connectivity index (χ2n) is 6.74. The molecule has 3 aromatic rings. The highest BCUT2D eigenvalue weighted by Crippen LogP contribution is 2.35. The first-order chi connectivity index (χ1) is 16.0. The van der Waals surface area contributed by atoms with Crippen LogP contribution >= 0.6 is 11.8 Å². The summed E-state index contributed by atoms with van der Waals surface area (Å²) >= 11 is 1.19. The Morgan fingerprint density at radius 2 is 1.82 bits per heavy atom. The SMILES string of the molecule is C=CCn1c(COc2ccc(OC)cc2)nnc1SC(C(=O)NC(=O)NC)c1ccccc1. The van der Waals surface area contributed by atoms with Crippen LogP contribution in [0.2, 0.25) is 0 Å². The largest absolute Gasteiger partial charge is 0.497 e. The molecular weight excluding hydrogens is 442 g/mol. The molecule has 0 saturated heterocycles. The molecule has 0 spiro atoms. The molecule has 1 aromatic heterocycles. The molecule has 0 aliphatic heterocycles. The quantitative estimate of drug-likeness (QED) is 0.348. The summed E-state index contributed by atoms with van der Waals surface area (Å²) in [5, 5.41) is 13.0. The van der Waals surface area contributed by atoms with E-state index >= 15 is 0 Å². The summed E-state index contributed by atoms with van der Waals surface area (Å²) in [4.78, 5) is 24.6. The van der Waals surface area contributed by atoms with Crippen molar-refractivity contribution in [3.8, 4) is 11.5 Å². The number of hydrogen-bond donors (Lipinski definition) is 2. The smallest absolute Gasteiger partial charge is 0.321 e. The maximum atomic E-state index is 12.9. The predicted molar refractivity (Wildman–Crippen MR) is 125 cm³/mol. The van der Waals surface area contributed by atoms with Gasteiger partial charge in [-0.15, -0.1) is 16.8 Å². The molecule has 0 aliphatic rings. The van der Waals surface area contributed by atoms with Gasteiger partial charge in [-0.2, -0.15) is 0 Å². The number of nitrogens with one attached hydrogen (secondary N) is 2. The Bertz CT molecular complexity index is 1090. The first-order valence-corrected chi connectivity index (χ1v) is 11.0. The third-order valence-corrected chi connectivity index (χ3v) is 5.79. The zero-order valence-corrected chi connectivity index (χ0v) is 19.2. The van der Waals surface area contributed by atoms with E-state index in [9.17, 15) is 9.59 Å². The fourth-order valence-corrected chi connectivity index (χ4v) is 3.96. The summed E-state index contributed by atoms with van der Waals surface area (Å²) in [6.07, 6.45) is 1.71. The molecule has 9 nitrogen and oxygen atoms in total. The number of carbonyl (C=O) groups is 2. The zero-order chi connectivity index (χ0) is 23.6. The van der Waals surface area contributed by atoms with Crippen LogP contribution in [0.1, 0.15) is 16.6 Å². The number of urea groups is 1. The van der Waals surface area contributed by atoms with Crippen molar-refractivity contribution in [2.45, 2.75) is 23.6 Å². The summed E-state index contributed by atoms with van der Waals surface area (Å²) in [6, 6.07) is 15.8. The van der Waals surface area contributed by atoms with Gasteiger partial charge in [0, 0.05) is 13.6 Å². The maximum absolute atomic E-state index is 12.9. The van der Waals surface area contributed by atoms with Gasteiger partial charge in [-0.05, 0) is 29.8 Å². The number of ether oxygens (including phenoxy) is 2. The van der Waals surface area contributed by atoms with Crippen molar-refractivity contribution in [1.29, 1.82) is 0 Å². The lowest BCUT2D eigenvalue weighted by Crippen LogP contribution is -2.39. The van der Waals surface area contributed by atoms with Gasteiger partial charge in [-0.1, -0.05) is 48.2 Å². The van der Waals surface area contributed by atoms with Crippen molar-refractivity contribution in [2.75, 3.05) is 14.2 Å². The van der Waals surface area contributed by atoms with Crippen LogP contribution in [0.15, 0.2) is 72.4 Å². The van der Waals surface area contributed by atoms with Crippen LogP contribution in [-0.4, -0.2) is 40.9 Å². The topological polar surface area (TPSA) is 107 Å². The Hall–Kier alpha value is -3.79. The van der Waals surface area contributed by atoms with Crippen molar-refractivity contribution in [2.24, 2.45) is 0 Å². The highest BCUT2D eigenvalue weighted by atomic mass is 32.2. The molecule has 0 saturated carbocycles. The lowest BCUT2D eigenvalue weighted by molar-refractivity contribution is -0.119. The number of hydrogen-bond acceptors (Lipinski definition) is 7. The minimum atomic E-state index is -0.716. The van der Waals surface area contributed by atoms with E-state index in [0.717, 1.165) is 11.3 Å². The van der Waals surface area contributed by atoms with Crippen molar-refractivity contribution >= 4 is 23.7 Å². The summed E-state index contributed by atoms with van der Waals surface area (Å²) in [5.74, 6) is 1.50. The van der Waals surface area contributed by atoms with Crippen molar-refractivity contribution in [3.63, 3.8) is 0 Å². The summed E-state index contributed by atoms with van der Waals surface area (Å²) in [5.41, 5.74) is 0.730. The molecule has 172 valence electrons. The number of allylic oxidation sites excluding steroid dienone is 1. The Morgan fingerprint density at radius 1 is 1.12 bits per heavy atom. The van der Waals surface area contributed by atoms with Gasteiger partial charge in [0.2, 0.25) is 5.91 Å². The van der Waals surface area contributed by atoms with E-state index < -0.39 is 17.2 Å². The lowest BCUT2D eigenvalue weighted by atomic mass is 10.1. The number of benzene rings is 2. The summed E-state index contributed by atoms with van der Waals surface area (Å²) < 4.78 is 12.8. The number of aromatic nitrogens is 3. The molecule has 3 rings (SSSR count). The minimum absolute atomic E-state index is 0.175. The Morgan fingerprint density at radius 3 is 2.45 bits per heavy atom. The van der Waals surface area contributed by atoms with Gasteiger partial charge in [0.05, 0.1) is 7.11 Å². The molecule has 1 atom stereocenters. The number of nitrogens with zero attached hydrogens (tertiary/aromatic N) is 3. The number of methoxy groups -OCH3 is 1. The Kier molecular flexibility index (Phi) is 8.48. The molecule has 1 unspecified atom stereocenters. The molecule has 0 aliphatic carbocycles. The second-order valence-corrected chi connectivity index (χ2v) is 7.81. The Labute approximate surface area is 196 Å². The first kappa shape index (κ1) is 23.9. The zero-order valence-electron chi connectivity index (χ0n) is 18.4. The van der Waals surface area contributed by atoms with E-state index in [-0.39, 0.29) is 6.61 Å². The standard InChI is InChI=1S/C23H25N5O4S/c1-4-14-28-19(15-32-18-12-10-17(31-3)11-13-18)26-27-23(28)33-20(16-8-6-5-7-9-16)21(29)25-22(30)24-2/h4-13,20H,1,14-15H2,2-3H3,(H2,24,25,29,30). The van der Waals surface area contributed by atoms with E-state index in [4.69, 9.17) is 9.47 Å². The van der Waals surface area contributed by atoms with E-state index in [2.05, 4.69) is 27.4 Å². The summed E-state index contributed by atoms with van der Waals surface area (Å²) in [6.45, 7) is 4.41. The number of rotatable bonds is 10. The van der Waals surface area contributed by atoms with Crippen molar-refractivity contribution in [1.82, 2.24) is 25.4 Å². The molecule has 1 heterocycles. The van der Waals surface area contributed by atoms with Crippen molar-refractivity contribution in [3.05, 3.63) is 78.6 Å². The third-order valence-electron chi connectivity index (χ3n) is 4.56. The monoisotopic (exact) mass is 467 g/mol. The highest BCUT2D eigenvalue weighted by molar-refractivity contribution is 8.00. The van der Waals surface area contributed by atoms with Crippen LogP contribution in [0, 0.1) is 0 Å². The fraction of sp³-hybridized carbons (Fsp3) is 0.217. The summed E-state index contributed by atoms with van der Waals surface area (Å²) in [7, 11) is 3.05. The van der Waals surface area contributed by atoms with E-state index in [1.165, 1.54) is 18.8 Å². The molecule has 0 radical (unpaired) electrons. The Balaban J connectivity index is 1.82. The maximum Gasteiger partial charge on any atom is 0.321 e. The van der Waals surface area contributed by atoms with E-state index in [1.54, 1.807) is 37.5 Å². The third kappa shape index (κ3) is 6.36. The lowest BCUT2D eigenvalue weighted by Gasteiger charge is -2.16. The van der Waals surface area contributed by atoms with E-state index in [1.807, 2.05) is 34.9 Å². The number of thioether (sulfide) groups is 1. The molecule has 33 heavy (non-hydrogen) atoms. The number of amides is 3. The van der Waals surface area contributed by atoms with Crippen LogP contribution in [0.4, 0.5) is 4.79 Å². The molecule has 3 amide bonds.